The van der Waals surface area contributed by atoms with Gasteiger partial charge in [-0.05, 0) is 39.0 Å². The van der Waals surface area contributed by atoms with E-state index in [0.29, 0.717) is 59.0 Å². The minimum absolute atomic E-state index is 0.254. The third kappa shape index (κ3) is 4.04. The molecule has 0 aliphatic carbocycles. The van der Waals surface area contributed by atoms with Crippen LogP contribution >= 0.6 is 0 Å². The Bertz CT molecular complexity index is 1240. The van der Waals surface area contributed by atoms with Crippen molar-refractivity contribution in [1.82, 2.24) is 24.8 Å². The standard InChI is InChI=1S/C24H28N6O4/c1-24(2,3)34-23(32)30-10-16-8-29(9-17(16)11-30)22-27-19(20-21(28-22)26-13-25-20)14-5-6-18(33-4)15(7-14)12-31/h5-7,12-13,16-17H,8-11H2,1-4H3,(H,25,26,27,28). The van der Waals surface area contributed by atoms with Gasteiger partial charge < -0.3 is 24.3 Å². The number of carbonyl (C=O) groups excluding carboxylic acids is 2. The zero-order valence-electron chi connectivity index (χ0n) is 19.7. The zero-order chi connectivity index (χ0) is 24.0. The van der Waals surface area contributed by atoms with Crippen LogP contribution in [0.5, 0.6) is 5.75 Å². The summed E-state index contributed by atoms with van der Waals surface area (Å²) in [5.74, 6) is 1.77. The molecule has 1 aromatic carbocycles. The fourth-order valence-corrected chi connectivity index (χ4v) is 4.78. The van der Waals surface area contributed by atoms with E-state index in [1.807, 2.05) is 26.8 Å². The molecule has 2 atom stereocenters. The molecule has 2 fully saturated rings. The second-order valence-corrected chi connectivity index (χ2v) is 9.86. The smallest absolute Gasteiger partial charge is 0.410 e. The van der Waals surface area contributed by atoms with Crippen molar-refractivity contribution in [3.8, 4) is 17.0 Å². The Kier molecular flexibility index (Phi) is 5.38. The van der Waals surface area contributed by atoms with E-state index in [9.17, 15) is 9.59 Å². The minimum atomic E-state index is -0.505. The van der Waals surface area contributed by atoms with Crippen molar-refractivity contribution < 1.29 is 19.1 Å². The van der Waals surface area contributed by atoms with Gasteiger partial charge in [0.1, 0.15) is 22.6 Å². The molecule has 0 saturated carbocycles. The number of methoxy groups -OCH3 is 1. The highest BCUT2D eigenvalue weighted by Crippen LogP contribution is 2.35. The molecular formula is C24H28N6O4. The zero-order valence-corrected chi connectivity index (χ0v) is 19.7. The fourth-order valence-electron chi connectivity index (χ4n) is 4.78. The molecule has 10 nitrogen and oxygen atoms in total. The van der Waals surface area contributed by atoms with Gasteiger partial charge in [-0.2, -0.15) is 4.98 Å². The molecule has 0 bridgehead atoms. The number of ether oxygens (including phenoxy) is 2. The summed E-state index contributed by atoms with van der Waals surface area (Å²) in [7, 11) is 1.53. The molecule has 2 saturated heterocycles. The van der Waals surface area contributed by atoms with Gasteiger partial charge in [-0.1, -0.05) is 0 Å². The number of hydrogen-bond donors (Lipinski definition) is 1. The van der Waals surface area contributed by atoms with Crippen LogP contribution in [0, 0.1) is 11.8 Å². The van der Waals surface area contributed by atoms with Crippen molar-refractivity contribution >= 4 is 29.5 Å². The summed E-state index contributed by atoms with van der Waals surface area (Å²) < 4.78 is 10.8. The summed E-state index contributed by atoms with van der Waals surface area (Å²) in [6.45, 7) is 8.46. The lowest BCUT2D eigenvalue weighted by atomic mass is 10.0. The molecule has 10 heteroatoms. The van der Waals surface area contributed by atoms with Gasteiger partial charge in [-0.25, -0.2) is 14.8 Å². The number of amides is 1. The van der Waals surface area contributed by atoms with Gasteiger partial charge in [-0.3, -0.25) is 4.79 Å². The van der Waals surface area contributed by atoms with Crippen molar-refractivity contribution in [2.24, 2.45) is 11.8 Å². The average Bonchev–Trinajstić information content (AvgIpc) is 3.51. The lowest BCUT2D eigenvalue weighted by Crippen LogP contribution is -2.37. The topological polar surface area (TPSA) is 114 Å². The number of aldehydes is 1. The number of carbonyl (C=O) groups is 2. The van der Waals surface area contributed by atoms with Gasteiger partial charge in [0, 0.05) is 43.6 Å². The number of H-pyrrole nitrogens is 1. The average molecular weight is 465 g/mol. The summed E-state index contributed by atoms with van der Waals surface area (Å²) in [6, 6.07) is 5.39. The summed E-state index contributed by atoms with van der Waals surface area (Å²) in [4.78, 5) is 45.0. The minimum Gasteiger partial charge on any atom is -0.496 e. The number of nitrogens with one attached hydrogen (secondary N) is 1. The van der Waals surface area contributed by atoms with Crippen molar-refractivity contribution in [2.45, 2.75) is 26.4 Å². The van der Waals surface area contributed by atoms with E-state index in [-0.39, 0.29) is 6.09 Å². The van der Waals surface area contributed by atoms with Crippen LogP contribution in [-0.4, -0.2) is 76.1 Å². The third-order valence-electron chi connectivity index (χ3n) is 6.32. The normalized spacial score (nSPS) is 20.0. The number of nitrogens with zero attached hydrogens (tertiary/aromatic N) is 5. The summed E-state index contributed by atoms with van der Waals surface area (Å²) in [6.07, 6.45) is 2.11. The highest BCUT2D eigenvalue weighted by molar-refractivity contribution is 5.90. The molecule has 5 rings (SSSR count). The summed E-state index contributed by atoms with van der Waals surface area (Å²) >= 11 is 0. The highest BCUT2D eigenvalue weighted by Gasteiger charge is 2.43. The Hall–Kier alpha value is -3.69. The van der Waals surface area contributed by atoms with Gasteiger partial charge >= 0.3 is 6.09 Å². The SMILES string of the molecule is COc1ccc(-c2nc(N3CC4CN(C(=O)OC(C)(C)C)CC4C3)nc3nc[nH]c23)cc1C=O. The number of anilines is 1. The first-order valence-corrected chi connectivity index (χ1v) is 11.3. The van der Waals surface area contributed by atoms with E-state index in [1.165, 1.54) is 7.11 Å². The van der Waals surface area contributed by atoms with Crippen molar-refractivity contribution in [2.75, 3.05) is 38.2 Å². The first-order valence-electron chi connectivity index (χ1n) is 11.3. The fraction of sp³-hybridized carbons (Fsp3) is 0.458. The number of hydrogen-bond acceptors (Lipinski definition) is 8. The molecule has 2 aliphatic heterocycles. The number of fused-ring (bicyclic) bond motifs is 2. The van der Waals surface area contributed by atoms with Gasteiger partial charge in [0.2, 0.25) is 5.95 Å². The largest absolute Gasteiger partial charge is 0.496 e. The van der Waals surface area contributed by atoms with Crippen LogP contribution in [0.25, 0.3) is 22.4 Å². The molecule has 2 aliphatic rings. The van der Waals surface area contributed by atoms with Gasteiger partial charge in [-0.15, -0.1) is 0 Å². The number of aromatic nitrogens is 4. The molecule has 1 N–H and O–H groups in total. The second kappa shape index (κ2) is 8.27. The maximum atomic E-state index is 12.5. The number of rotatable bonds is 4. The highest BCUT2D eigenvalue weighted by atomic mass is 16.6. The molecule has 34 heavy (non-hydrogen) atoms. The van der Waals surface area contributed by atoms with E-state index in [2.05, 4.69) is 19.9 Å². The number of benzene rings is 1. The van der Waals surface area contributed by atoms with Crippen LogP contribution in [-0.2, 0) is 4.74 Å². The molecule has 3 aromatic rings. The van der Waals surface area contributed by atoms with Crippen LogP contribution in [0.4, 0.5) is 10.7 Å². The Morgan fingerprint density at radius 3 is 2.53 bits per heavy atom. The Morgan fingerprint density at radius 2 is 1.88 bits per heavy atom. The summed E-state index contributed by atoms with van der Waals surface area (Å²) in [5, 5.41) is 0. The molecule has 2 aromatic heterocycles. The maximum absolute atomic E-state index is 12.5. The predicted octanol–water partition coefficient (Wildman–Crippen LogP) is 3.14. The molecular weight excluding hydrogens is 436 g/mol. The third-order valence-corrected chi connectivity index (χ3v) is 6.32. The molecule has 1 amide bonds. The Morgan fingerprint density at radius 1 is 1.15 bits per heavy atom. The van der Waals surface area contributed by atoms with Gasteiger partial charge in [0.15, 0.2) is 11.9 Å². The predicted molar refractivity (Wildman–Crippen MR) is 126 cm³/mol. The molecule has 0 radical (unpaired) electrons. The van der Waals surface area contributed by atoms with E-state index >= 15 is 0 Å². The van der Waals surface area contributed by atoms with Crippen LogP contribution in [0.15, 0.2) is 24.5 Å². The molecule has 178 valence electrons. The van der Waals surface area contributed by atoms with Crippen molar-refractivity contribution in [1.29, 1.82) is 0 Å². The first kappa shape index (κ1) is 22.1. The van der Waals surface area contributed by atoms with Crippen LogP contribution in [0.2, 0.25) is 0 Å². The van der Waals surface area contributed by atoms with E-state index in [1.54, 1.807) is 23.4 Å². The quantitative estimate of drug-likeness (QED) is 0.586. The summed E-state index contributed by atoms with van der Waals surface area (Å²) in [5.41, 5.74) is 2.67. The molecule has 4 heterocycles. The van der Waals surface area contributed by atoms with Crippen molar-refractivity contribution in [3.05, 3.63) is 30.1 Å². The Balaban J connectivity index is 1.40. The first-order chi connectivity index (χ1) is 16.3. The lowest BCUT2D eigenvalue weighted by molar-refractivity contribution is 0.0282. The number of aromatic amines is 1. The number of likely N-dealkylation sites (tertiary alicyclic amines) is 1. The van der Waals surface area contributed by atoms with Crippen LogP contribution in [0.3, 0.4) is 0 Å². The number of imidazole rings is 1. The van der Waals surface area contributed by atoms with E-state index < -0.39 is 5.60 Å². The molecule has 2 unspecified atom stereocenters. The van der Waals surface area contributed by atoms with Crippen LogP contribution in [0.1, 0.15) is 31.1 Å². The van der Waals surface area contributed by atoms with Crippen LogP contribution < -0.4 is 9.64 Å². The van der Waals surface area contributed by atoms with Gasteiger partial charge in [0.25, 0.3) is 0 Å². The molecule has 0 spiro atoms. The van der Waals surface area contributed by atoms with E-state index in [4.69, 9.17) is 14.5 Å². The van der Waals surface area contributed by atoms with Gasteiger partial charge in [0.05, 0.1) is 19.0 Å². The van der Waals surface area contributed by atoms with E-state index in [0.717, 1.165) is 24.9 Å². The lowest BCUT2D eigenvalue weighted by Gasteiger charge is -2.26. The maximum Gasteiger partial charge on any atom is 0.410 e. The van der Waals surface area contributed by atoms with Crippen molar-refractivity contribution in [3.63, 3.8) is 0 Å². The Labute approximate surface area is 197 Å². The monoisotopic (exact) mass is 464 g/mol. The second-order valence-electron chi connectivity index (χ2n) is 9.86.